The van der Waals surface area contributed by atoms with Crippen LogP contribution in [0.1, 0.15) is 24.1 Å². The van der Waals surface area contributed by atoms with Crippen LogP contribution in [0.15, 0.2) is 42.6 Å². The van der Waals surface area contributed by atoms with E-state index >= 15 is 0 Å². The maximum atomic E-state index is 5.16. The van der Waals surface area contributed by atoms with Crippen molar-refractivity contribution < 1.29 is 4.74 Å². The number of pyridine rings is 1. The highest BCUT2D eigenvalue weighted by molar-refractivity contribution is 5.46. The number of hydrogen-bond donors (Lipinski definition) is 2. The zero-order chi connectivity index (χ0) is 14.4. The first kappa shape index (κ1) is 14.3. The van der Waals surface area contributed by atoms with Crippen LogP contribution >= 0.6 is 0 Å². The average Bonchev–Trinajstić information content (AvgIpc) is 2.53. The van der Waals surface area contributed by atoms with Crippen molar-refractivity contribution in [3.8, 4) is 5.75 Å². The minimum atomic E-state index is 0.266. The van der Waals surface area contributed by atoms with Crippen LogP contribution in [0, 0.1) is 0 Å². The third-order valence-electron chi connectivity index (χ3n) is 3.36. The predicted octanol–water partition coefficient (Wildman–Crippen LogP) is 2.98. The predicted molar refractivity (Wildman–Crippen MR) is 82.0 cm³/mol. The number of aromatic nitrogens is 1. The molecule has 1 aromatic heterocycles. The summed E-state index contributed by atoms with van der Waals surface area (Å²) in [5, 5.41) is 6.63. The summed E-state index contributed by atoms with van der Waals surface area (Å²) in [6.07, 6.45) is 1.81. The molecule has 0 fully saturated rings. The number of nitrogens with one attached hydrogen (secondary N) is 2. The summed E-state index contributed by atoms with van der Waals surface area (Å²) in [5.41, 5.74) is 2.36. The summed E-state index contributed by atoms with van der Waals surface area (Å²) in [6, 6.07) is 12.3. The molecule has 2 aromatic rings. The van der Waals surface area contributed by atoms with Gasteiger partial charge in [0.05, 0.1) is 7.11 Å². The highest BCUT2D eigenvalue weighted by atomic mass is 16.5. The first-order valence-electron chi connectivity index (χ1n) is 6.73. The summed E-state index contributed by atoms with van der Waals surface area (Å²) >= 11 is 0. The van der Waals surface area contributed by atoms with E-state index in [1.807, 2.05) is 31.4 Å². The SMILES string of the molecule is CN[C@H](C)c1cccnc1NCc1ccc(OC)cc1. The van der Waals surface area contributed by atoms with Crippen molar-refractivity contribution in [2.75, 3.05) is 19.5 Å². The largest absolute Gasteiger partial charge is 0.497 e. The molecule has 0 aliphatic heterocycles. The molecular formula is C16H21N3O. The molecule has 20 heavy (non-hydrogen) atoms. The lowest BCUT2D eigenvalue weighted by Crippen LogP contribution is -2.15. The molecule has 1 heterocycles. The van der Waals surface area contributed by atoms with Gasteiger partial charge >= 0.3 is 0 Å². The molecule has 0 saturated carbocycles. The van der Waals surface area contributed by atoms with Crippen molar-refractivity contribution in [1.82, 2.24) is 10.3 Å². The van der Waals surface area contributed by atoms with Gasteiger partial charge in [0.2, 0.25) is 0 Å². The van der Waals surface area contributed by atoms with Crippen molar-refractivity contribution in [2.24, 2.45) is 0 Å². The second-order valence-electron chi connectivity index (χ2n) is 4.65. The molecule has 0 saturated heterocycles. The maximum Gasteiger partial charge on any atom is 0.130 e. The summed E-state index contributed by atoms with van der Waals surface area (Å²) in [4.78, 5) is 4.42. The number of benzene rings is 1. The summed E-state index contributed by atoms with van der Waals surface area (Å²) in [7, 11) is 3.62. The monoisotopic (exact) mass is 271 g/mol. The average molecular weight is 271 g/mol. The van der Waals surface area contributed by atoms with Crippen LogP contribution in [-0.2, 0) is 6.54 Å². The smallest absolute Gasteiger partial charge is 0.130 e. The quantitative estimate of drug-likeness (QED) is 0.848. The van der Waals surface area contributed by atoms with Gasteiger partial charge < -0.3 is 15.4 Å². The maximum absolute atomic E-state index is 5.16. The molecule has 1 atom stereocenters. The third-order valence-corrected chi connectivity index (χ3v) is 3.36. The Kier molecular flexibility index (Phi) is 4.96. The van der Waals surface area contributed by atoms with Gasteiger partial charge in [0.1, 0.15) is 11.6 Å². The molecule has 0 radical (unpaired) electrons. The number of anilines is 1. The highest BCUT2D eigenvalue weighted by Crippen LogP contribution is 2.20. The van der Waals surface area contributed by atoms with Crippen LogP contribution in [-0.4, -0.2) is 19.1 Å². The fourth-order valence-electron chi connectivity index (χ4n) is 2.00. The molecule has 2 rings (SSSR count). The number of nitrogens with zero attached hydrogens (tertiary/aromatic N) is 1. The topological polar surface area (TPSA) is 46.2 Å². The Morgan fingerprint density at radius 3 is 2.60 bits per heavy atom. The van der Waals surface area contributed by atoms with Crippen LogP contribution in [0.2, 0.25) is 0 Å². The van der Waals surface area contributed by atoms with Crippen molar-refractivity contribution in [3.05, 3.63) is 53.7 Å². The van der Waals surface area contributed by atoms with Gasteiger partial charge in [-0.25, -0.2) is 4.98 Å². The van der Waals surface area contributed by atoms with E-state index < -0.39 is 0 Å². The van der Waals surface area contributed by atoms with Gasteiger partial charge in [-0.05, 0) is 37.7 Å². The summed E-state index contributed by atoms with van der Waals surface area (Å²) in [5.74, 6) is 1.79. The molecule has 4 heteroatoms. The van der Waals surface area contributed by atoms with E-state index in [9.17, 15) is 0 Å². The molecule has 2 N–H and O–H groups in total. The minimum absolute atomic E-state index is 0.266. The van der Waals surface area contributed by atoms with E-state index in [-0.39, 0.29) is 6.04 Å². The molecule has 0 spiro atoms. The van der Waals surface area contributed by atoms with Gasteiger partial charge in [0, 0.05) is 24.3 Å². The first-order valence-corrected chi connectivity index (χ1v) is 6.73. The Balaban J connectivity index is 2.06. The number of methoxy groups -OCH3 is 1. The van der Waals surface area contributed by atoms with E-state index in [1.165, 1.54) is 11.1 Å². The van der Waals surface area contributed by atoms with E-state index in [2.05, 4.69) is 40.7 Å². The van der Waals surface area contributed by atoms with E-state index in [1.54, 1.807) is 7.11 Å². The van der Waals surface area contributed by atoms with Gasteiger partial charge in [-0.2, -0.15) is 0 Å². The molecule has 0 bridgehead atoms. The van der Waals surface area contributed by atoms with Crippen LogP contribution in [0.4, 0.5) is 5.82 Å². The van der Waals surface area contributed by atoms with Gasteiger partial charge in [-0.15, -0.1) is 0 Å². The first-order chi connectivity index (χ1) is 9.74. The Labute approximate surface area is 120 Å². The van der Waals surface area contributed by atoms with Crippen molar-refractivity contribution >= 4 is 5.82 Å². The van der Waals surface area contributed by atoms with Crippen LogP contribution in [0.3, 0.4) is 0 Å². The fourth-order valence-corrected chi connectivity index (χ4v) is 2.00. The van der Waals surface area contributed by atoms with Crippen molar-refractivity contribution in [2.45, 2.75) is 19.5 Å². The molecule has 106 valence electrons. The molecule has 0 aliphatic rings. The van der Waals surface area contributed by atoms with E-state index in [4.69, 9.17) is 4.74 Å². The highest BCUT2D eigenvalue weighted by Gasteiger charge is 2.09. The van der Waals surface area contributed by atoms with Gasteiger partial charge in [0.15, 0.2) is 0 Å². The van der Waals surface area contributed by atoms with Crippen LogP contribution in [0.5, 0.6) is 5.75 Å². The normalized spacial score (nSPS) is 11.9. The molecular weight excluding hydrogens is 250 g/mol. The zero-order valence-corrected chi connectivity index (χ0v) is 12.2. The van der Waals surface area contributed by atoms with E-state index in [0.717, 1.165) is 18.1 Å². The lowest BCUT2D eigenvalue weighted by Gasteiger charge is -2.16. The Bertz CT molecular complexity index is 540. The van der Waals surface area contributed by atoms with Crippen molar-refractivity contribution in [1.29, 1.82) is 0 Å². The molecule has 1 aromatic carbocycles. The van der Waals surface area contributed by atoms with Gasteiger partial charge in [-0.3, -0.25) is 0 Å². The molecule has 4 nitrogen and oxygen atoms in total. The summed E-state index contributed by atoms with van der Waals surface area (Å²) < 4.78 is 5.16. The zero-order valence-electron chi connectivity index (χ0n) is 12.2. The second-order valence-corrected chi connectivity index (χ2v) is 4.65. The molecule has 0 aliphatic carbocycles. The minimum Gasteiger partial charge on any atom is -0.497 e. The Morgan fingerprint density at radius 1 is 1.20 bits per heavy atom. The lowest BCUT2D eigenvalue weighted by molar-refractivity contribution is 0.414. The van der Waals surface area contributed by atoms with Crippen molar-refractivity contribution in [3.63, 3.8) is 0 Å². The van der Waals surface area contributed by atoms with Gasteiger partial charge in [-0.1, -0.05) is 18.2 Å². The Morgan fingerprint density at radius 2 is 1.95 bits per heavy atom. The molecule has 0 unspecified atom stereocenters. The Hall–Kier alpha value is -2.07. The number of rotatable bonds is 6. The standard InChI is InChI=1S/C16H21N3O/c1-12(17-2)15-5-4-10-18-16(15)19-11-13-6-8-14(20-3)9-7-13/h4-10,12,17H,11H2,1-3H3,(H,18,19)/t12-/m1/s1. The lowest BCUT2D eigenvalue weighted by atomic mass is 10.1. The van der Waals surface area contributed by atoms with E-state index in [0.29, 0.717) is 0 Å². The third kappa shape index (κ3) is 3.48. The van der Waals surface area contributed by atoms with Crippen LogP contribution in [0.25, 0.3) is 0 Å². The second kappa shape index (κ2) is 6.91. The van der Waals surface area contributed by atoms with Crippen LogP contribution < -0.4 is 15.4 Å². The number of ether oxygens (including phenoxy) is 1. The fraction of sp³-hybridized carbons (Fsp3) is 0.312. The molecule has 0 amide bonds. The number of hydrogen-bond acceptors (Lipinski definition) is 4. The summed E-state index contributed by atoms with van der Waals surface area (Å²) in [6.45, 7) is 2.86. The van der Waals surface area contributed by atoms with Gasteiger partial charge in [0.25, 0.3) is 0 Å².